The van der Waals surface area contributed by atoms with Crippen molar-refractivity contribution in [3.05, 3.63) is 29.8 Å². The summed E-state index contributed by atoms with van der Waals surface area (Å²) in [6.45, 7) is 3.48. The topological polar surface area (TPSA) is 88.7 Å². The molecule has 1 saturated carbocycles. The monoisotopic (exact) mass is 377 g/mol. The van der Waals surface area contributed by atoms with Crippen LogP contribution >= 0.6 is 0 Å². The molecule has 2 rings (SSSR count). The van der Waals surface area contributed by atoms with Gasteiger partial charge in [-0.2, -0.15) is 0 Å². The van der Waals surface area contributed by atoms with Gasteiger partial charge in [0.25, 0.3) is 0 Å². The second-order valence-electron chi connectivity index (χ2n) is 6.91. The molecule has 0 heterocycles. The second kappa shape index (κ2) is 11.4. The molecule has 0 radical (unpaired) electrons. The normalized spacial score (nSPS) is 19.2. The van der Waals surface area contributed by atoms with Crippen LogP contribution in [0.3, 0.4) is 0 Å². The lowest BCUT2D eigenvalue weighted by atomic mass is 9.88. The molecule has 3 N–H and O–H groups in total. The number of hydrogen-bond donors (Lipinski definition) is 3. The zero-order chi connectivity index (χ0) is 19.5. The Morgan fingerprint density at radius 2 is 1.81 bits per heavy atom. The standard InChI is InChI=1S/C20H31N3O4/c1-15-5-3-4-6-18(15)27-12-11-21-20(25)23-14-19(24)22-13-16-7-9-17(26-2)10-8-16/h7-10,15,18H,3-6,11-14H2,1-2H3,(H,22,24)(H2,21,23,25). The van der Waals surface area contributed by atoms with E-state index in [0.29, 0.717) is 31.7 Å². The van der Waals surface area contributed by atoms with Crippen molar-refractivity contribution in [3.8, 4) is 5.75 Å². The van der Waals surface area contributed by atoms with Crippen molar-refractivity contribution in [3.63, 3.8) is 0 Å². The van der Waals surface area contributed by atoms with E-state index in [0.717, 1.165) is 17.7 Å². The Hall–Kier alpha value is -2.28. The number of rotatable bonds is 9. The molecule has 0 aromatic heterocycles. The molecule has 7 nitrogen and oxygen atoms in total. The van der Waals surface area contributed by atoms with Crippen LogP contribution in [0.25, 0.3) is 0 Å². The van der Waals surface area contributed by atoms with E-state index in [4.69, 9.17) is 9.47 Å². The first kappa shape index (κ1) is 21.0. The van der Waals surface area contributed by atoms with Gasteiger partial charge in [0, 0.05) is 13.1 Å². The van der Waals surface area contributed by atoms with Crippen LogP contribution < -0.4 is 20.7 Å². The summed E-state index contributed by atoms with van der Waals surface area (Å²) >= 11 is 0. The molecule has 1 aromatic carbocycles. The van der Waals surface area contributed by atoms with Crippen LogP contribution in [-0.4, -0.2) is 44.8 Å². The summed E-state index contributed by atoms with van der Waals surface area (Å²) in [4.78, 5) is 23.5. The largest absolute Gasteiger partial charge is 0.497 e. The predicted octanol–water partition coefficient (Wildman–Crippen LogP) is 2.21. The van der Waals surface area contributed by atoms with Gasteiger partial charge in [0.05, 0.1) is 26.4 Å². The van der Waals surface area contributed by atoms with Crippen LogP contribution in [-0.2, 0) is 16.1 Å². The Morgan fingerprint density at radius 1 is 1.07 bits per heavy atom. The molecule has 27 heavy (non-hydrogen) atoms. The summed E-state index contributed by atoms with van der Waals surface area (Å²) in [5, 5.41) is 8.02. The van der Waals surface area contributed by atoms with Crippen LogP contribution in [0.15, 0.2) is 24.3 Å². The number of carbonyl (C=O) groups is 2. The summed E-state index contributed by atoms with van der Waals surface area (Å²) in [5.74, 6) is 1.11. The van der Waals surface area contributed by atoms with Gasteiger partial charge in [-0.3, -0.25) is 4.79 Å². The van der Waals surface area contributed by atoms with E-state index < -0.39 is 0 Å². The van der Waals surface area contributed by atoms with E-state index in [1.807, 2.05) is 24.3 Å². The minimum atomic E-state index is -0.366. The zero-order valence-corrected chi connectivity index (χ0v) is 16.3. The summed E-state index contributed by atoms with van der Waals surface area (Å²) in [6, 6.07) is 7.07. The molecule has 0 spiro atoms. The van der Waals surface area contributed by atoms with E-state index in [2.05, 4.69) is 22.9 Å². The highest BCUT2D eigenvalue weighted by atomic mass is 16.5. The number of amides is 3. The maximum absolute atomic E-state index is 11.8. The average Bonchev–Trinajstić information content (AvgIpc) is 2.69. The number of ether oxygens (including phenoxy) is 2. The van der Waals surface area contributed by atoms with Crippen molar-refractivity contribution in [1.82, 2.24) is 16.0 Å². The number of methoxy groups -OCH3 is 1. The Labute approximate surface area is 161 Å². The molecule has 150 valence electrons. The molecule has 1 aliphatic carbocycles. The van der Waals surface area contributed by atoms with Gasteiger partial charge in [-0.05, 0) is 36.5 Å². The number of nitrogens with one attached hydrogen (secondary N) is 3. The minimum Gasteiger partial charge on any atom is -0.497 e. The molecule has 2 unspecified atom stereocenters. The van der Waals surface area contributed by atoms with E-state index >= 15 is 0 Å². The molecule has 0 aliphatic heterocycles. The maximum Gasteiger partial charge on any atom is 0.315 e. The molecular weight excluding hydrogens is 346 g/mol. The highest BCUT2D eigenvalue weighted by molar-refractivity contribution is 5.83. The van der Waals surface area contributed by atoms with Gasteiger partial charge < -0.3 is 25.4 Å². The SMILES string of the molecule is COc1ccc(CNC(=O)CNC(=O)NCCOC2CCCCC2C)cc1. The van der Waals surface area contributed by atoms with Crippen LogP contribution in [0, 0.1) is 5.92 Å². The van der Waals surface area contributed by atoms with Crippen molar-refractivity contribution in [2.75, 3.05) is 26.8 Å². The molecule has 1 aromatic rings. The highest BCUT2D eigenvalue weighted by Crippen LogP contribution is 2.25. The molecule has 1 fully saturated rings. The summed E-state index contributed by atoms with van der Waals surface area (Å²) in [5.41, 5.74) is 0.961. The third-order valence-corrected chi connectivity index (χ3v) is 4.81. The van der Waals surface area contributed by atoms with Gasteiger partial charge in [0.2, 0.25) is 5.91 Å². The van der Waals surface area contributed by atoms with Gasteiger partial charge in [-0.25, -0.2) is 4.79 Å². The molecule has 0 saturated heterocycles. The Balaban J connectivity index is 1.53. The van der Waals surface area contributed by atoms with Crippen molar-refractivity contribution in [2.45, 2.75) is 45.3 Å². The summed E-state index contributed by atoms with van der Waals surface area (Å²) in [7, 11) is 1.61. The summed E-state index contributed by atoms with van der Waals surface area (Å²) in [6.07, 6.45) is 5.11. The van der Waals surface area contributed by atoms with Gasteiger partial charge in [0.1, 0.15) is 5.75 Å². The molecule has 1 aliphatic rings. The lowest BCUT2D eigenvalue weighted by molar-refractivity contribution is -0.120. The molecule has 7 heteroatoms. The van der Waals surface area contributed by atoms with Gasteiger partial charge >= 0.3 is 6.03 Å². The van der Waals surface area contributed by atoms with Gasteiger partial charge in [-0.1, -0.05) is 31.9 Å². The third kappa shape index (κ3) is 7.86. The van der Waals surface area contributed by atoms with Crippen molar-refractivity contribution < 1.29 is 19.1 Å². The van der Waals surface area contributed by atoms with Crippen LogP contribution in [0.5, 0.6) is 5.75 Å². The van der Waals surface area contributed by atoms with Crippen molar-refractivity contribution >= 4 is 11.9 Å². The zero-order valence-electron chi connectivity index (χ0n) is 16.3. The fourth-order valence-electron chi connectivity index (χ4n) is 3.13. The van der Waals surface area contributed by atoms with Crippen LogP contribution in [0.1, 0.15) is 38.2 Å². The van der Waals surface area contributed by atoms with Crippen LogP contribution in [0.2, 0.25) is 0 Å². The van der Waals surface area contributed by atoms with E-state index in [9.17, 15) is 9.59 Å². The average molecular weight is 377 g/mol. The van der Waals surface area contributed by atoms with Crippen molar-refractivity contribution in [1.29, 1.82) is 0 Å². The maximum atomic E-state index is 11.8. The molecular formula is C20H31N3O4. The Morgan fingerprint density at radius 3 is 2.52 bits per heavy atom. The number of urea groups is 1. The van der Waals surface area contributed by atoms with E-state index in [1.165, 1.54) is 19.3 Å². The number of hydrogen-bond acceptors (Lipinski definition) is 4. The van der Waals surface area contributed by atoms with E-state index in [1.54, 1.807) is 7.11 Å². The lowest BCUT2D eigenvalue weighted by Gasteiger charge is -2.28. The van der Waals surface area contributed by atoms with E-state index in [-0.39, 0.29) is 18.5 Å². The van der Waals surface area contributed by atoms with Gasteiger partial charge in [-0.15, -0.1) is 0 Å². The fourth-order valence-corrected chi connectivity index (χ4v) is 3.13. The fraction of sp³-hybridized carbons (Fsp3) is 0.600. The molecule has 0 bridgehead atoms. The Bertz CT molecular complexity index is 591. The lowest BCUT2D eigenvalue weighted by Crippen LogP contribution is -2.43. The predicted molar refractivity (Wildman–Crippen MR) is 104 cm³/mol. The quantitative estimate of drug-likeness (QED) is 0.576. The van der Waals surface area contributed by atoms with Crippen LogP contribution in [0.4, 0.5) is 4.79 Å². The smallest absolute Gasteiger partial charge is 0.315 e. The molecule has 2 atom stereocenters. The second-order valence-corrected chi connectivity index (χ2v) is 6.91. The first-order valence-corrected chi connectivity index (χ1v) is 9.61. The minimum absolute atomic E-state index is 0.0670. The number of benzene rings is 1. The number of carbonyl (C=O) groups excluding carboxylic acids is 2. The van der Waals surface area contributed by atoms with Gasteiger partial charge in [0.15, 0.2) is 0 Å². The highest BCUT2D eigenvalue weighted by Gasteiger charge is 2.21. The first-order valence-electron chi connectivity index (χ1n) is 9.61. The Kier molecular flexibility index (Phi) is 8.91. The first-order chi connectivity index (χ1) is 13.1. The summed E-state index contributed by atoms with van der Waals surface area (Å²) < 4.78 is 10.9. The van der Waals surface area contributed by atoms with Crippen molar-refractivity contribution in [2.24, 2.45) is 5.92 Å². The molecule has 3 amide bonds. The third-order valence-electron chi connectivity index (χ3n) is 4.81.